The number of aromatic nitrogens is 4. The van der Waals surface area contributed by atoms with Crippen LogP contribution in [0.25, 0.3) is 16.6 Å². The van der Waals surface area contributed by atoms with Crippen LogP contribution in [0.1, 0.15) is 28.6 Å². The zero-order valence-electron chi connectivity index (χ0n) is 14.9. The molecule has 0 aliphatic heterocycles. The van der Waals surface area contributed by atoms with Crippen molar-refractivity contribution in [3.63, 3.8) is 0 Å². The van der Waals surface area contributed by atoms with Crippen molar-refractivity contribution >= 4 is 22.5 Å². The van der Waals surface area contributed by atoms with Gasteiger partial charge in [0.15, 0.2) is 5.69 Å². The third-order valence-electron chi connectivity index (χ3n) is 4.62. The van der Waals surface area contributed by atoms with Crippen molar-refractivity contribution in [1.29, 1.82) is 0 Å². The van der Waals surface area contributed by atoms with Gasteiger partial charge in [0.25, 0.3) is 5.91 Å². The molecule has 0 fully saturated rings. The number of imidazole rings is 2. The van der Waals surface area contributed by atoms with E-state index in [1.807, 2.05) is 67.0 Å². The second-order valence-electron chi connectivity index (χ2n) is 6.49. The minimum absolute atomic E-state index is 0.0496. The summed E-state index contributed by atoms with van der Waals surface area (Å²) < 4.78 is 1.94. The fraction of sp³-hybridized carbons (Fsp3) is 0.250. The van der Waals surface area contributed by atoms with Crippen LogP contribution >= 0.6 is 0 Å². The van der Waals surface area contributed by atoms with Crippen LogP contribution < -0.4 is 0 Å². The fourth-order valence-corrected chi connectivity index (χ4v) is 3.24. The lowest BCUT2D eigenvalue weighted by Crippen LogP contribution is -2.28. The number of para-hydroxylation sites is 2. The average Bonchev–Trinajstić information content (AvgIpc) is 3.22. The second kappa shape index (κ2) is 6.63. The zero-order chi connectivity index (χ0) is 18.1. The molecule has 0 unspecified atom stereocenters. The molecule has 26 heavy (non-hydrogen) atoms. The summed E-state index contributed by atoms with van der Waals surface area (Å²) in [5, 5.41) is 0. The lowest BCUT2D eigenvalue weighted by Gasteiger charge is -2.15. The second-order valence-corrected chi connectivity index (χ2v) is 6.49. The molecule has 6 heteroatoms. The Kier molecular flexibility index (Phi) is 4.16. The first-order chi connectivity index (χ1) is 12.6. The summed E-state index contributed by atoms with van der Waals surface area (Å²) >= 11 is 0. The molecule has 1 N–H and O–H groups in total. The standard InChI is InChI=1S/C20H21N5O/c1-14-21-19(17-10-5-6-13-25(14)17)20(26)24(2)12-7-11-18-22-15-8-3-4-9-16(15)23-18/h3-6,8-10,13H,7,11-12H2,1-2H3,(H,22,23). The molecular formula is C20H21N5O. The number of nitrogens with one attached hydrogen (secondary N) is 1. The molecule has 1 amide bonds. The number of aryl methyl sites for hydroxylation is 2. The van der Waals surface area contributed by atoms with Gasteiger partial charge in [0.1, 0.15) is 11.6 Å². The fourth-order valence-electron chi connectivity index (χ4n) is 3.24. The predicted molar refractivity (Wildman–Crippen MR) is 101 cm³/mol. The third kappa shape index (κ3) is 2.94. The van der Waals surface area contributed by atoms with Crippen LogP contribution in [-0.2, 0) is 6.42 Å². The van der Waals surface area contributed by atoms with Gasteiger partial charge in [-0.1, -0.05) is 18.2 Å². The Morgan fingerprint density at radius 2 is 1.96 bits per heavy atom. The minimum Gasteiger partial charge on any atom is -0.342 e. The summed E-state index contributed by atoms with van der Waals surface area (Å²) in [5.41, 5.74) is 3.38. The van der Waals surface area contributed by atoms with Gasteiger partial charge in [0.2, 0.25) is 0 Å². The molecule has 3 aromatic heterocycles. The van der Waals surface area contributed by atoms with E-state index in [4.69, 9.17) is 0 Å². The average molecular weight is 347 g/mol. The summed E-state index contributed by atoms with van der Waals surface area (Å²) in [6.07, 6.45) is 3.57. The van der Waals surface area contributed by atoms with Crippen LogP contribution in [0, 0.1) is 6.92 Å². The summed E-state index contributed by atoms with van der Waals surface area (Å²) in [7, 11) is 1.82. The molecule has 4 rings (SSSR count). The quantitative estimate of drug-likeness (QED) is 0.603. The van der Waals surface area contributed by atoms with Crippen molar-refractivity contribution < 1.29 is 4.79 Å². The van der Waals surface area contributed by atoms with E-state index in [0.29, 0.717) is 12.2 Å². The van der Waals surface area contributed by atoms with E-state index in [2.05, 4.69) is 15.0 Å². The highest BCUT2D eigenvalue weighted by Gasteiger charge is 2.19. The lowest BCUT2D eigenvalue weighted by atomic mass is 10.2. The van der Waals surface area contributed by atoms with Crippen molar-refractivity contribution in [2.75, 3.05) is 13.6 Å². The number of benzene rings is 1. The lowest BCUT2D eigenvalue weighted by molar-refractivity contribution is 0.0790. The number of hydrogen-bond acceptors (Lipinski definition) is 3. The molecule has 0 spiro atoms. The number of pyridine rings is 1. The van der Waals surface area contributed by atoms with Crippen LogP contribution in [0.5, 0.6) is 0 Å². The number of carbonyl (C=O) groups excluding carboxylic acids is 1. The number of fused-ring (bicyclic) bond motifs is 2. The van der Waals surface area contributed by atoms with Crippen molar-refractivity contribution in [2.45, 2.75) is 19.8 Å². The number of carbonyl (C=O) groups is 1. The van der Waals surface area contributed by atoms with E-state index in [-0.39, 0.29) is 5.91 Å². The van der Waals surface area contributed by atoms with E-state index in [9.17, 15) is 4.79 Å². The Morgan fingerprint density at radius 1 is 1.15 bits per heavy atom. The summed E-state index contributed by atoms with van der Waals surface area (Å²) in [5.74, 6) is 1.72. The maximum atomic E-state index is 12.8. The molecular weight excluding hydrogens is 326 g/mol. The SMILES string of the molecule is Cc1nc(C(=O)N(C)CCCc2nc3ccccc3[nH]2)c2ccccn12. The van der Waals surface area contributed by atoms with Crippen LogP contribution in [0.15, 0.2) is 48.7 Å². The van der Waals surface area contributed by atoms with Crippen LogP contribution in [-0.4, -0.2) is 43.8 Å². The largest absolute Gasteiger partial charge is 0.342 e. The number of amides is 1. The van der Waals surface area contributed by atoms with Crippen molar-refractivity contribution in [3.8, 4) is 0 Å². The summed E-state index contributed by atoms with van der Waals surface area (Å²) in [6.45, 7) is 2.56. The normalized spacial score (nSPS) is 11.3. The van der Waals surface area contributed by atoms with E-state index in [0.717, 1.165) is 41.0 Å². The number of aromatic amines is 1. The van der Waals surface area contributed by atoms with Crippen LogP contribution in [0.4, 0.5) is 0 Å². The van der Waals surface area contributed by atoms with E-state index in [1.165, 1.54) is 0 Å². The van der Waals surface area contributed by atoms with Crippen LogP contribution in [0.3, 0.4) is 0 Å². The first-order valence-corrected chi connectivity index (χ1v) is 8.76. The molecule has 1 aromatic carbocycles. The van der Waals surface area contributed by atoms with Gasteiger partial charge in [-0.3, -0.25) is 4.79 Å². The van der Waals surface area contributed by atoms with Gasteiger partial charge in [-0.05, 0) is 37.6 Å². The molecule has 0 saturated heterocycles. The minimum atomic E-state index is -0.0496. The van der Waals surface area contributed by atoms with Gasteiger partial charge in [-0.15, -0.1) is 0 Å². The first-order valence-electron chi connectivity index (χ1n) is 8.76. The van der Waals surface area contributed by atoms with E-state index >= 15 is 0 Å². The van der Waals surface area contributed by atoms with Gasteiger partial charge >= 0.3 is 0 Å². The Bertz CT molecular complexity index is 1050. The highest BCUT2D eigenvalue weighted by atomic mass is 16.2. The van der Waals surface area contributed by atoms with Crippen molar-refractivity contribution in [1.82, 2.24) is 24.3 Å². The predicted octanol–water partition coefficient (Wildman–Crippen LogP) is 3.22. The maximum Gasteiger partial charge on any atom is 0.274 e. The van der Waals surface area contributed by atoms with E-state index < -0.39 is 0 Å². The van der Waals surface area contributed by atoms with Gasteiger partial charge < -0.3 is 14.3 Å². The van der Waals surface area contributed by atoms with E-state index in [1.54, 1.807) is 4.90 Å². The molecule has 0 bridgehead atoms. The highest BCUT2D eigenvalue weighted by molar-refractivity contribution is 5.99. The molecule has 0 aliphatic rings. The monoisotopic (exact) mass is 347 g/mol. The molecule has 4 aromatic rings. The molecule has 0 radical (unpaired) electrons. The molecule has 132 valence electrons. The number of hydrogen-bond donors (Lipinski definition) is 1. The molecule has 0 saturated carbocycles. The molecule has 0 aliphatic carbocycles. The Morgan fingerprint density at radius 3 is 2.81 bits per heavy atom. The first kappa shape index (κ1) is 16.3. The molecule has 3 heterocycles. The maximum absolute atomic E-state index is 12.8. The van der Waals surface area contributed by atoms with Crippen molar-refractivity contribution in [2.24, 2.45) is 0 Å². The third-order valence-corrected chi connectivity index (χ3v) is 4.62. The molecule has 6 nitrogen and oxygen atoms in total. The Labute approximate surface area is 151 Å². The Balaban J connectivity index is 1.42. The summed E-state index contributed by atoms with van der Waals surface area (Å²) in [4.78, 5) is 26.9. The zero-order valence-corrected chi connectivity index (χ0v) is 14.9. The van der Waals surface area contributed by atoms with Gasteiger partial charge in [-0.2, -0.15) is 0 Å². The number of nitrogens with zero attached hydrogens (tertiary/aromatic N) is 4. The van der Waals surface area contributed by atoms with Crippen molar-refractivity contribution in [3.05, 3.63) is 66.0 Å². The Hall–Kier alpha value is -3.15. The summed E-state index contributed by atoms with van der Waals surface area (Å²) in [6, 6.07) is 13.8. The van der Waals surface area contributed by atoms with Gasteiger partial charge in [-0.25, -0.2) is 9.97 Å². The number of rotatable bonds is 5. The molecule has 0 atom stereocenters. The van der Waals surface area contributed by atoms with Crippen LogP contribution in [0.2, 0.25) is 0 Å². The highest BCUT2D eigenvalue weighted by Crippen LogP contribution is 2.15. The van der Waals surface area contributed by atoms with Gasteiger partial charge in [0, 0.05) is 26.2 Å². The smallest absolute Gasteiger partial charge is 0.274 e. The van der Waals surface area contributed by atoms with Gasteiger partial charge in [0.05, 0.1) is 16.6 Å². The number of H-pyrrole nitrogens is 1. The topological polar surface area (TPSA) is 66.3 Å².